The van der Waals surface area contributed by atoms with Gasteiger partial charge in [0.15, 0.2) is 0 Å². The standard InChI is InChI=1S/C37H51N5O8S2/c1-8-25(2)34(42-21-33(44)41(36(42)46)19-27-23-51-32(38-27)22-49-6)35(45)39-30(18-26-12-10-9-11-13-26)31(43)20-40(24-37(3,4)5)52(47,48)29-16-14-28(50-7)15-17-29/h9-17,21,23,25,30-31,34,43-44H,8,18-20,22,24H2,1-7H3,(H,39,45)/t25-,30-,31+,34-/m0/s1. The smallest absolute Gasteiger partial charge is 0.332 e. The minimum absolute atomic E-state index is 0.00560. The van der Waals surface area contributed by atoms with Gasteiger partial charge in [0, 0.05) is 25.6 Å². The molecule has 2 heterocycles. The monoisotopic (exact) mass is 757 g/mol. The predicted molar refractivity (Wildman–Crippen MR) is 200 cm³/mol. The van der Waals surface area contributed by atoms with Crippen LogP contribution in [0.5, 0.6) is 11.6 Å². The molecule has 284 valence electrons. The summed E-state index contributed by atoms with van der Waals surface area (Å²) >= 11 is 1.38. The number of benzene rings is 2. The molecule has 0 spiro atoms. The highest BCUT2D eigenvalue weighted by Gasteiger charge is 2.36. The number of sulfonamides is 1. The van der Waals surface area contributed by atoms with Gasteiger partial charge in [0.2, 0.25) is 21.8 Å². The Bertz CT molecular complexity index is 1920. The number of methoxy groups -OCH3 is 2. The number of nitrogens with one attached hydrogen (secondary N) is 1. The Labute approximate surface area is 309 Å². The molecule has 4 atom stereocenters. The van der Waals surface area contributed by atoms with Crippen LogP contribution in [-0.4, -0.2) is 82.4 Å². The van der Waals surface area contributed by atoms with Gasteiger partial charge in [0.25, 0.3) is 0 Å². The number of rotatable bonds is 18. The highest BCUT2D eigenvalue weighted by Crippen LogP contribution is 2.27. The molecular weight excluding hydrogens is 707 g/mol. The van der Waals surface area contributed by atoms with Crippen molar-refractivity contribution in [2.24, 2.45) is 11.3 Å². The Morgan fingerprint density at radius 1 is 1.10 bits per heavy atom. The molecule has 0 bridgehead atoms. The lowest BCUT2D eigenvalue weighted by molar-refractivity contribution is -0.127. The normalized spacial score (nSPS) is 14.6. The van der Waals surface area contributed by atoms with Gasteiger partial charge in [-0.25, -0.2) is 18.2 Å². The van der Waals surface area contributed by atoms with E-state index >= 15 is 0 Å². The van der Waals surface area contributed by atoms with E-state index in [1.165, 1.54) is 45.6 Å². The van der Waals surface area contributed by atoms with Crippen molar-refractivity contribution < 1.29 is 32.9 Å². The van der Waals surface area contributed by atoms with Crippen molar-refractivity contribution in [1.29, 1.82) is 0 Å². The van der Waals surface area contributed by atoms with E-state index in [0.717, 1.165) is 15.1 Å². The highest BCUT2D eigenvalue weighted by molar-refractivity contribution is 7.89. The number of ether oxygens (including phenoxy) is 2. The maximum Gasteiger partial charge on any atom is 0.332 e. The first kappa shape index (κ1) is 40.7. The van der Waals surface area contributed by atoms with Crippen LogP contribution in [0.3, 0.4) is 0 Å². The second-order valence-corrected chi connectivity index (χ2v) is 17.0. The second-order valence-electron chi connectivity index (χ2n) is 14.2. The molecule has 2 aromatic carbocycles. The molecule has 0 aliphatic heterocycles. The summed E-state index contributed by atoms with van der Waals surface area (Å²) in [7, 11) is -1.03. The number of aromatic nitrogens is 3. The summed E-state index contributed by atoms with van der Waals surface area (Å²) in [5, 5.41) is 28.2. The molecule has 0 aliphatic carbocycles. The van der Waals surface area contributed by atoms with Gasteiger partial charge in [-0.1, -0.05) is 71.4 Å². The fraction of sp³-hybridized carbons (Fsp3) is 0.486. The molecule has 0 aliphatic rings. The summed E-state index contributed by atoms with van der Waals surface area (Å²) in [6.07, 6.45) is 0.601. The average molecular weight is 758 g/mol. The van der Waals surface area contributed by atoms with Crippen molar-refractivity contribution in [3.63, 3.8) is 0 Å². The first-order chi connectivity index (χ1) is 24.6. The average Bonchev–Trinajstić information content (AvgIpc) is 3.66. The molecule has 13 nitrogen and oxygen atoms in total. The largest absolute Gasteiger partial charge is 0.497 e. The van der Waals surface area contributed by atoms with Crippen molar-refractivity contribution in [2.45, 2.75) is 83.7 Å². The van der Waals surface area contributed by atoms with E-state index in [1.54, 1.807) is 24.6 Å². The van der Waals surface area contributed by atoms with Crippen LogP contribution in [0, 0.1) is 11.3 Å². The van der Waals surface area contributed by atoms with E-state index < -0.39 is 45.2 Å². The molecule has 1 amide bonds. The van der Waals surface area contributed by atoms with Crippen LogP contribution in [0.1, 0.15) is 63.3 Å². The van der Waals surface area contributed by atoms with E-state index in [1.807, 2.05) is 65.0 Å². The Hall–Kier alpha value is -4.02. The fourth-order valence-electron chi connectivity index (χ4n) is 5.92. The van der Waals surface area contributed by atoms with E-state index in [0.29, 0.717) is 24.5 Å². The Balaban J connectivity index is 1.67. The summed E-state index contributed by atoms with van der Waals surface area (Å²) in [4.78, 5) is 32.6. The summed E-state index contributed by atoms with van der Waals surface area (Å²) < 4.78 is 42.0. The van der Waals surface area contributed by atoms with Gasteiger partial charge < -0.3 is 25.0 Å². The van der Waals surface area contributed by atoms with E-state index in [2.05, 4.69) is 10.3 Å². The van der Waals surface area contributed by atoms with Gasteiger partial charge in [-0.3, -0.25) is 13.9 Å². The molecule has 0 radical (unpaired) electrons. The van der Waals surface area contributed by atoms with Crippen LogP contribution < -0.4 is 15.7 Å². The molecule has 0 saturated heterocycles. The molecule has 52 heavy (non-hydrogen) atoms. The molecule has 4 rings (SSSR count). The van der Waals surface area contributed by atoms with Gasteiger partial charge in [0.05, 0.1) is 49.2 Å². The van der Waals surface area contributed by atoms with Crippen molar-refractivity contribution >= 4 is 27.3 Å². The van der Waals surface area contributed by atoms with Crippen LogP contribution in [0.4, 0.5) is 0 Å². The number of imidazole rings is 1. The Morgan fingerprint density at radius 3 is 2.37 bits per heavy atom. The van der Waals surface area contributed by atoms with Crippen LogP contribution in [0.15, 0.2) is 75.9 Å². The predicted octanol–water partition coefficient (Wildman–Crippen LogP) is 4.43. The topological polar surface area (TPSA) is 165 Å². The molecular formula is C37H51N5O8S2. The Kier molecular flexibility index (Phi) is 13.8. The summed E-state index contributed by atoms with van der Waals surface area (Å²) in [5.41, 5.74) is 0.303. The Morgan fingerprint density at radius 2 is 1.77 bits per heavy atom. The van der Waals surface area contributed by atoms with Crippen molar-refractivity contribution in [3.8, 4) is 11.6 Å². The summed E-state index contributed by atoms with van der Waals surface area (Å²) in [6.45, 7) is 9.53. The van der Waals surface area contributed by atoms with Crippen molar-refractivity contribution in [3.05, 3.63) is 92.9 Å². The first-order valence-electron chi connectivity index (χ1n) is 17.2. The first-order valence-corrected chi connectivity index (χ1v) is 19.5. The van der Waals surface area contributed by atoms with Crippen LogP contribution in [0.25, 0.3) is 0 Å². The third-order valence-electron chi connectivity index (χ3n) is 8.75. The molecule has 15 heteroatoms. The van der Waals surface area contributed by atoms with Crippen LogP contribution in [0.2, 0.25) is 0 Å². The number of amides is 1. The SMILES string of the molecule is CC[C@H](C)[C@@H](C(=O)N[C@@H](Cc1ccccc1)[C@H](O)CN(CC(C)(C)C)S(=O)(=O)c1ccc(OC)cc1)n1cc(O)n(Cc2csc(COC)n2)c1=O. The zero-order chi connectivity index (χ0) is 38.2. The third-order valence-corrected chi connectivity index (χ3v) is 11.4. The number of carbonyl (C=O) groups excluding carboxylic acids is 1. The molecule has 2 aromatic heterocycles. The molecule has 3 N–H and O–H groups in total. The maximum absolute atomic E-state index is 14.3. The zero-order valence-corrected chi connectivity index (χ0v) is 32.5. The lowest BCUT2D eigenvalue weighted by Gasteiger charge is -2.34. The number of thiazole rings is 1. The van der Waals surface area contributed by atoms with Gasteiger partial charge in [-0.05, 0) is 47.6 Å². The quantitative estimate of drug-likeness (QED) is 0.133. The maximum atomic E-state index is 14.3. The number of aliphatic hydroxyl groups is 1. The van der Waals surface area contributed by atoms with Gasteiger partial charge in [-0.15, -0.1) is 11.3 Å². The molecule has 4 aromatic rings. The summed E-state index contributed by atoms with van der Waals surface area (Å²) in [6, 6.07) is 13.3. The van der Waals surface area contributed by atoms with Crippen molar-refractivity contribution in [2.75, 3.05) is 27.3 Å². The second kappa shape index (κ2) is 17.7. The van der Waals surface area contributed by atoms with Crippen LogP contribution in [-0.2, 0) is 39.1 Å². The van der Waals surface area contributed by atoms with E-state index in [9.17, 15) is 28.2 Å². The zero-order valence-electron chi connectivity index (χ0n) is 30.9. The van der Waals surface area contributed by atoms with Gasteiger partial charge in [0.1, 0.15) is 16.8 Å². The number of nitrogens with zero attached hydrogens (tertiary/aromatic N) is 4. The minimum atomic E-state index is -4.08. The molecule has 0 unspecified atom stereocenters. The van der Waals surface area contributed by atoms with Crippen molar-refractivity contribution in [1.82, 2.24) is 23.7 Å². The van der Waals surface area contributed by atoms with Crippen LogP contribution >= 0.6 is 11.3 Å². The van der Waals surface area contributed by atoms with Gasteiger partial charge >= 0.3 is 5.69 Å². The number of carbonyl (C=O) groups is 1. The molecule has 0 saturated carbocycles. The molecule has 0 fully saturated rings. The lowest BCUT2D eigenvalue weighted by atomic mass is 9.95. The fourth-order valence-corrected chi connectivity index (χ4v) is 8.36. The highest BCUT2D eigenvalue weighted by atomic mass is 32.2. The van der Waals surface area contributed by atoms with E-state index in [4.69, 9.17) is 9.47 Å². The third kappa shape index (κ3) is 10.3. The number of hydrogen-bond donors (Lipinski definition) is 3. The number of aliphatic hydroxyl groups excluding tert-OH is 1. The lowest BCUT2D eigenvalue weighted by Crippen LogP contribution is -2.53. The number of hydrogen-bond acceptors (Lipinski definition) is 10. The minimum Gasteiger partial charge on any atom is -0.497 e. The summed E-state index contributed by atoms with van der Waals surface area (Å²) in [5.74, 6) is -0.729. The number of aromatic hydroxyl groups is 1. The van der Waals surface area contributed by atoms with Gasteiger partial charge in [-0.2, -0.15) is 4.31 Å². The van der Waals surface area contributed by atoms with E-state index in [-0.39, 0.29) is 42.7 Å².